The molecule has 2 aromatic carbocycles. The molecule has 0 saturated carbocycles. The van der Waals surface area contributed by atoms with Gasteiger partial charge in [0.1, 0.15) is 18.1 Å². The van der Waals surface area contributed by atoms with Crippen LogP contribution < -0.4 is 4.74 Å². The number of esters is 1. The second kappa shape index (κ2) is 10.6. The molecule has 3 heterocycles. The number of aromatic nitrogens is 4. The Morgan fingerprint density at radius 2 is 1.62 bits per heavy atom. The monoisotopic (exact) mass is 492 g/mol. The molecule has 0 N–H and O–H groups in total. The Balaban J connectivity index is 1.48. The van der Waals surface area contributed by atoms with E-state index in [4.69, 9.17) is 14.6 Å². The zero-order valence-electron chi connectivity index (χ0n) is 21.1. The fourth-order valence-electron chi connectivity index (χ4n) is 4.17. The number of hydrogen-bond donors (Lipinski definition) is 0. The maximum absolute atomic E-state index is 12.6. The first-order valence-corrected chi connectivity index (χ1v) is 12.3. The quantitative estimate of drug-likeness (QED) is 0.235. The molecule has 0 fully saturated rings. The second-order valence-corrected chi connectivity index (χ2v) is 8.95. The Morgan fingerprint density at radius 3 is 2.30 bits per heavy atom. The summed E-state index contributed by atoms with van der Waals surface area (Å²) in [5.74, 6) is 0.816. The summed E-state index contributed by atoms with van der Waals surface area (Å²) in [6.07, 6.45) is 5.03. The van der Waals surface area contributed by atoms with Crippen LogP contribution in [0.25, 0.3) is 28.0 Å². The van der Waals surface area contributed by atoms with Gasteiger partial charge in [0, 0.05) is 24.2 Å². The fraction of sp³-hybridized carbons (Fsp3) is 0.200. The lowest BCUT2D eigenvalue weighted by Gasteiger charge is -2.10. The van der Waals surface area contributed by atoms with Gasteiger partial charge in [-0.25, -0.2) is 14.3 Å². The first kappa shape index (κ1) is 24.2. The van der Waals surface area contributed by atoms with Crippen LogP contribution in [-0.2, 0) is 11.3 Å². The molecule has 5 aromatic rings. The van der Waals surface area contributed by atoms with Crippen molar-refractivity contribution in [3.8, 4) is 28.1 Å². The van der Waals surface area contributed by atoms with E-state index in [1.807, 2.05) is 36.4 Å². The van der Waals surface area contributed by atoms with Gasteiger partial charge in [0.15, 0.2) is 11.3 Å². The lowest BCUT2D eigenvalue weighted by molar-refractivity contribution is 0.0516. The summed E-state index contributed by atoms with van der Waals surface area (Å²) < 4.78 is 12.8. The van der Waals surface area contributed by atoms with Crippen molar-refractivity contribution < 1.29 is 14.3 Å². The van der Waals surface area contributed by atoms with Gasteiger partial charge in [0.2, 0.25) is 0 Å². The zero-order valence-corrected chi connectivity index (χ0v) is 21.1. The lowest BCUT2D eigenvalue weighted by atomic mass is 10.0. The summed E-state index contributed by atoms with van der Waals surface area (Å²) in [6, 6.07) is 21.7. The molecule has 186 valence electrons. The van der Waals surface area contributed by atoms with Gasteiger partial charge in [-0.3, -0.25) is 4.98 Å². The van der Waals surface area contributed by atoms with Crippen LogP contribution in [0, 0.1) is 0 Å². The largest absolute Gasteiger partial charge is 0.489 e. The van der Waals surface area contributed by atoms with Crippen LogP contribution >= 0.6 is 0 Å². The van der Waals surface area contributed by atoms with E-state index in [1.54, 1.807) is 36.1 Å². The van der Waals surface area contributed by atoms with Crippen LogP contribution in [0.3, 0.4) is 0 Å². The number of ether oxygens (including phenoxy) is 2. The normalized spacial score (nSPS) is 11.1. The third-order valence-corrected chi connectivity index (χ3v) is 6.15. The molecule has 0 bridgehead atoms. The Kier molecular flexibility index (Phi) is 6.94. The minimum Gasteiger partial charge on any atom is -0.489 e. The van der Waals surface area contributed by atoms with Crippen LogP contribution in [0.5, 0.6) is 5.75 Å². The Hall–Kier alpha value is -4.52. The van der Waals surface area contributed by atoms with Crippen LogP contribution in [0.1, 0.15) is 48.3 Å². The SMILES string of the molecule is CCOC(=O)c1ccnc2c(-c3ccc(OCc4ccc(C(C)C)cc4)cc3)c(-c3ccncc3)nn12. The molecule has 0 spiro atoms. The Morgan fingerprint density at radius 1 is 0.892 bits per heavy atom. The van der Waals surface area contributed by atoms with Crippen LogP contribution in [-0.4, -0.2) is 32.2 Å². The number of pyridine rings is 1. The van der Waals surface area contributed by atoms with E-state index in [0.717, 1.165) is 28.0 Å². The van der Waals surface area contributed by atoms with E-state index < -0.39 is 5.97 Å². The predicted molar refractivity (Wildman–Crippen MR) is 142 cm³/mol. The van der Waals surface area contributed by atoms with Crippen molar-refractivity contribution in [3.63, 3.8) is 0 Å². The first-order chi connectivity index (χ1) is 18.0. The molecule has 0 aliphatic rings. The molecule has 7 heteroatoms. The highest BCUT2D eigenvalue weighted by Gasteiger charge is 2.22. The molecule has 0 radical (unpaired) electrons. The number of hydrogen-bond acceptors (Lipinski definition) is 6. The van der Waals surface area contributed by atoms with Gasteiger partial charge in [-0.15, -0.1) is 0 Å². The maximum Gasteiger partial charge on any atom is 0.357 e. The molecule has 37 heavy (non-hydrogen) atoms. The first-order valence-electron chi connectivity index (χ1n) is 12.3. The Labute approximate surface area is 215 Å². The third kappa shape index (κ3) is 5.07. The predicted octanol–water partition coefficient (Wildman–Crippen LogP) is 6.34. The minimum atomic E-state index is -0.449. The van der Waals surface area contributed by atoms with Crippen LogP contribution in [0.2, 0.25) is 0 Å². The Bertz CT molecular complexity index is 1510. The molecular formula is C30H28N4O3. The molecule has 0 aliphatic carbocycles. The van der Waals surface area contributed by atoms with Crippen molar-refractivity contribution in [2.45, 2.75) is 33.3 Å². The van der Waals surface area contributed by atoms with Gasteiger partial charge in [0.05, 0.1) is 12.2 Å². The molecule has 0 unspecified atom stereocenters. The summed E-state index contributed by atoms with van der Waals surface area (Å²) in [5, 5.41) is 4.77. The van der Waals surface area contributed by atoms with E-state index in [2.05, 4.69) is 48.1 Å². The standard InChI is InChI=1S/C30H28N4O3/c1-4-36-30(35)26-15-18-32-29-27(28(33-34(26)29)24-13-16-31-17-14-24)23-9-11-25(12-10-23)37-19-21-5-7-22(8-6-21)20(2)3/h5-18,20H,4,19H2,1-3H3. The van der Waals surface area contributed by atoms with E-state index >= 15 is 0 Å². The molecule has 0 atom stereocenters. The van der Waals surface area contributed by atoms with Crippen molar-refractivity contribution in [2.75, 3.05) is 6.61 Å². The van der Waals surface area contributed by atoms with E-state index in [9.17, 15) is 4.79 Å². The van der Waals surface area contributed by atoms with E-state index in [0.29, 0.717) is 29.6 Å². The molecule has 7 nitrogen and oxygen atoms in total. The third-order valence-electron chi connectivity index (χ3n) is 6.15. The summed E-state index contributed by atoms with van der Waals surface area (Å²) in [6.45, 7) is 6.91. The van der Waals surface area contributed by atoms with Gasteiger partial charge >= 0.3 is 5.97 Å². The molecule has 0 aliphatic heterocycles. The number of nitrogens with zero attached hydrogens (tertiary/aromatic N) is 4. The maximum atomic E-state index is 12.6. The summed E-state index contributed by atoms with van der Waals surface area (Å²) in [7, 11) is 0. The van der Waals surface area contributed by atoms with Gasteiger partial charge in [-0.2, -0.15) is 5.10 Å². The molecule has 0 saturated heterocycles. The number of benzene rings is 2. The fourth-order valence-corrected chi connectivity index (χ4v) is 4.17. The second-order valence-electron chi connectivity index (χ2n) is 8.95. The molecule has 5 rings (SSSR count). The molecular weight excluding hydrogens is 464 g/mol. The topological polar surface area (TPSA) is 78.6 Å². The average molecular weight is 493 g/mol. The van der Waals surface area contributed by atoms with Crippen molar-refractivity contribution in [1.29, 1.82) is 0 Å². The number of fused-ring (bicyclic) bond motifs is 1. The van der Waals surface area contributed by atoms with Crippen molar-refractivity contribution in [2.24, 2.45) is 0 Å². The number of carbonyl (C=O) groups excluding carboxylic acids is 1. The van der Waals surface area contributed by atoms with Crippen LogP contribution in [0.4, 0.5) is 0 Å². The van der Waals surface area contributed by atoms with Crippen molar-refractivity contribution in [3.05, 3.63) is 102 Å². The smallest absolute Gasteiger partial charge is 0.357 e. The number of carbonyl (C=O) groups is 1. The lowest BCUT2D eigenvalue weighted by Crippen LogP contribution is -2.11. The van der Waals surface area contributed by atoms with Gasteiger partial charge < -0.3 is 9.47 Å². The van der Waals surface area contributed by atoms with Crippen molar-refractivity contribution >= 4 is 11.6 Å². The average Bonchev–Trinajstić information content (AvgIpc) is 3.33. The van der Waals surface area contributed by atoms with Gasteiger partial charge in [-0.1, -0.05) is 50.2 Å². The highest BCUT2D eigenvalue weighted by molar-refractivity contribution is 5.94. The number of rotatable bonds is 8. The highest BCUT2D eigenvalue weighted by atomic mass is 16.5. The summed E-state index contributed by atoms with van der Waals surface area (Å²) in [5.41, 5.74) is 6.60. The highest BCUT2D eigenvalue weighted by Crippen LogP contribution is 2.35. The van der Waals surface area contributed by atoms with Gasteiger partial charge in [0.25, 0.3) is 0 Å². The molecule has 0 amide bonds. The molecule has 3 aromatic heterocycles. The van der Waals surface area contributed by atoms with E-state index in [1.165, 1.54) is 5.56 Å². The van der Waals surface area contributed by atoms with Crippen molar-refractivity contribution in [1.82, 2.24) is 19.6 Å². The van der Waals surface area contributed by atoms with Gasteiger partial charge in [-0.05, 0) is 59.9 Å². The minimum absolute atomic E-state index is 0.275. The zero-order chi connectivity index (χ0) is 25.8. The van der Waals surface area contributed by atoms with E-state index in [-0.39, 0.29) is 6.61 Å². The van der Waals surface area contributed by atoms with Crippen LogP contribution in [0.15, 0.2) is 85.3 Å². The summed E-state index contributed by atoms with van der Waals surface area (Å²) in [4.78, 5) is 21.3. The summed E-state index contributed by atoms with van der Waals surface area (Å²) >= 11 is 0.